The molecule has 3 aromatic rings. The van der Waals surface area contributed by atoms with E-state index in [0.717, 1.165) is 22.8 Å². The summed E-state index contributed by atoms with van der Waals surface area (Å²) in [5.74, 6) is -1.15. The number of carbonyl (C=O) groups is 3. The molecule has 7 heteroatoms. The topological polar surface area (TPSA) is 75.7 Å². The van der Waals surface area contributed by atoms with Crippen LogP contribution in [0.15, 0.2) is 47.8 Å². The Bertz CT molecular complexity index is 1110. The van der Waals surface area contributed by atoms with Gasteiger partial charge in [0.2, 0.25) is 5.91 Å². The number of nitrogens with zero attached hydrogens (tertiary/aromatic N) is 1. The largest absolute Gasteiger partial charge is 0.452 e. The summed E-state index contributed by atoms with van der Waals surface area (Å²) >= 11 is 1.70. The van der Waals surface area contributed by atoms with E-state index < -0.39 is 5.97 Å². The second-order valence-corrected chi connectivity index (χ2v) is 7.94. The summed E-state index contributed by atoms with van der Waals surface area (Å²) < 4.78 is 5.30. The summed E-state index contributed by atoms with van der Waals surface area (Å²) in [5.41, 5.74) is 1.75. The fourth-order valence-electron chi connectivity index (χ4n) is 3.46. The molecule has 2 heterocycles. The number of hydrogen-bond acceptors (Lipinski definition) is 5. The zero-order chi connectivity index (χ0) is 20.4. The smallest absolute Gasteiger partial charge is 0.340 e. The highest BCUT2D eigenvalue weighted by Crippen LogP contribution is 2.26. The Morgan fingerprint density at radius 2 is 1.90 bits per heavy atom. The minimum atomic E-state index is -0.638. The highest BCUT2D eigenvalue weighted by molar-refractivity contribution is 7.10. The summed E-state index contributed by atoms with van der Waals surface area (Å²) in [6, 6.07) is 13.0. The van der Waals surface area contributed by atoms with Crippen LogP contribution in [-0.2, 0) is 27.3 Å². The lowest BCUT2D eigenvalue weighted by Crippen LogP contribution is -2.38. The summed E-state index contributed by atoms with van der Waals surface area (Å²) in [6.07, 6.45) is 0.823. The number of ether oxygens (including phenoxy) is 1. The van der Waals surface area contributed by atoms with E-state index in [2.05, 4.69) is 5.32 Å². The SMILES string of the molecule is CC(=O)Nc1cc2ccccc2cc1C(=O)OCC(=O)N1CCc2sccc2C1. The first-order valence-corrected chi connectivity index (χ1v) is 10.2. The predicted molar refractivity (Wildman–Crippen MR) is 112 cm³/mol. The minimum Gasteiger partial charge on any atom is -0.452 e. The van der Waals surface area contributed by atoms with E-state index in [-0.39, 0.29) is 24.0 Å². The molecule has 0 spiro atoms. The molecule has 0 saturated carbocycles. The molecule has 6 nitrogen and oxygen atoms in total. The van der Waals surface area contributed by atoms with Crippen molar-refractivity contribution in [1.82, 2.24) is 4.90 Å². The lowest BCUT2D eigenvalue weighted by Gasteiger charge is -2.26. The third kappa shape index (κ3) is 4.14. The molecule has 0 aliphatic carbocycles. The van der Waals surface area contributed by atoms with Crippen molar-refractivity contribution in [3.63, 3.8) is 0 Å². The lowest BCUT2D eigenvalue weighted by atomic mass is 10.0. The first-order chi connectivity index (χ1) is 14.0. The highest BCUT2D eigenvalue weighted by Gasteiger charge is 2.23. The number of fused-ring (bicyclic) bond motifs is 2. The molecule has 4 rings (SSSR count). The van der Waals surface area contributed by atoms with Crippen LogP contribution in [-0.4, -0.2) is 35.8 Å². The average Bonchev–Trinajstić information content (AvgIpc) is 3.18. The summed E-state index contributed by atoms with van der Waals surface area (Å²) in [5, 5.41) is 6.44. The van der Waals surface area contributed by atoms with Gasteiger partial charge in [-0.05, 0) is 46.3 Å². The van der Waals surface area contributed by atoms with E-state index in [1.54, 1.807) is 28.4 Å². The number of rotatable bonds is 4. The van der Waals surface area contributed by atoms with Crippen molar-refractivity contribution in [2.75, 3.05) is 18.5 Å². The molecule has 1 N–H and O–H groups in total. The molecule has 0 atom stereocenters. The quantitative estimate of drug-likeness (QED) is 0.670. The second kappa shape index (κ2) is 8.05. The van der Waals surface area contributed by atoms with Gasteiger partial charge in [-0.25, -0.2) is 4.79 Å². The maximum atomic E-state index is 12.7. The van der Waals surface area contributed by atoms with Gasteiger partial charge in [0.05, 0.1) is 11.3 Å². The molecule has 0 saturated heterocycles. The van der Waals surface area contributed by atoms with Gasteiger partial charge in [0.25, 0.3) is 5.91 Å². The normalized spacial score (nSPS) is 13.1. The molecule has 1 aromatic heterocycles. The molecule has 0 bridgehead atoms. The number of anilines is 1. The Balaban J connectivity index is 1.48. The first kappa shape index (κ1) is 19.1. The van der Waals surface area contributed by atoms with Crippen LogP contribution >= 0.6 is 11.3 Å². The van der Waals surface area contributed by atoms with E-state index in [1.165, 1.54) is 11.8 Å². The summed E-state index contributed by atoms with van der Waals surface area (Å²) in [7, 11) is 0. The van der Waals surface area contributed by atoms with E-state index in [9.17, 15) is 14.4 Å². The maximum absolute atomic E-state index is 12.7. The fraction of sp³-hybridized carbons (Fsp3) is 0.227. The Hall–Kier alpha value is -3.19. The molecule has 2 aromatic carbocycles. The first-order valence-electron chi connectivity index (χ1n) is 9.32. The number of esters is 1. The number of hydrogen-bond donors (Lipinski definition) is 1. The van der Waals surface area contributed by atoms with Gasteiger partial charge in [-0.15, -0.1) is 11.3 Å². The zero-order valence-corrected chi connectivity index (χ0v) is 16.8. The van der Waals surface area contributed by atoms with E-state index in [4.69, 9.17) is 4.74 Å². The summed E-state index contributed by atoms with van der Waals surface area (Å²) in [6.45, 7) is 2.22. The van der Waals surface area contributed by atoms with Crippen molar-refractivity contribution in [1.29, 1.82) is 0 Å². The second-order valence-electron chi connectivity index (χ2n) is 6.94. The third-order valence-electron chi connectivity index (χ3n) is 4.90. The van der Waals surface area contributed by atoms with Crippen LogP contribution in [0, 0.1) is 0 Å². The number of benzene rings is 2. The van der Waals surface area contributed by atoms with Crippen LogP contribution in [0.4, 0.5) is 5.69 Å². The lowest BCUT2D eigenvalue weighted by molar-refractivity contribution is -0.135. The van der Waals surface area contributed by atoms with Crippen LogP contribution in [0.2, 0.25) is 0 Å². The number of carbonyl (C=O) groups excluding carboxylic acids is 3. The molecule has 1 aliphatic heterocycles. The Morgan fingerprint density at radius 1 is 1.14 bits per heavy atom. The van der Waals surface area contributed by atoms with Crippen LogP contribution < -0.4 is 5.32 Å². The van der Waals surface area contributed by atoms with Gasteiger partial charge in [0.15, 0.2) is 6.61 Å². The van der Waals surface area contributed by atoms with Crippen LogP contribution in [0.5, 0.6) is 0 Å². The van der Waals surface area contributed by atoms with Crippen molar-refractivity contribution in [3.8, 4) is 0 Å². The maximum Gasteiger partial charge on any atom is 0.340 e. The molecule has 0 fully saturated rings. The monoisotopic (exact) mass is 408 g/mol. The average molecular weight is 408 g/mol. The fourth-order valence-corrected chi connectivity index (χ4v) is 4.35. The van der Waals surface area contributed by atoms with Crippen molar-refractivity contribution < 1.29 is 19.1 Å². The zero-order valence-electron chi connectivity index (χ0n) is 15.9. The van der Waals surface area contributed by atoms with Crippen molar-refractivity contribution in [2.45, 2.75) is 19.9 Å². The molecule has 0 unspecified atom stereocenters. The van der Waals surface area contributed by atoms with E-state index >= 15 is 0 Å². The third-order valence-corrected chi connectivity index (χ3v) is 5.93. The van der Waals surface area contributed by atoms with Gasteiger partial charge in [0.1, 0.15) is 0 Å². The Kier molecular flexibility index (Phi) is 5.31. The highest BCUT2D eigenvalue weighted by atomic mass is 32.1. The predicted octanol–water partition coefficient (Wildman–Crippen LogP) is 3.60. The van der Waals surface area contributed by atoms with Gasteiger partial charge in [-0.2, -0.15) is 0 Å². The molecule has 148 valence electrons. The molecule has 1 aliphatic rings. The van der Waals surface area contributed by atoms with Crippen LogP contribution in [0.3, 0.4) is 0 Å². The number of thiophene rings is 1. The molecule has 2 amide bonds. The van der Waals surface area contributed by atoms with Crippen LogP contribution in [0.1, 0.15) is 27.7 Å². The number of nitrogens with one attached hydrogen (secondary N) is 1. The van der Waals surface area contributed by atoms with Crippen molar-refractivity contribution in [3.05, 3.63) is 63.8 Å². The standard InChI is InChI=1S/C22H20N2O4S/c1-14(25)23-19-11-16-5-3-2-4-15(16)10-18(19)22(27)28-13-21(26)24-8-6-20-17(12-24)7-9-29-20/h2-5,7,9-11H,6,8,12-13H2,1H3,(H,23,25). The Morgan fingerprint density at radius 3 is 2.66 bits per heavy atom. The van der Waals surface area contributed by atoms with Crippen molar-refractivity contribution >= 4 is 45.6 Å². The van der Waals surface area contributed by atoms with E-state index in [1.807, 2.05) is 35.7 Å². The molecular formula is C22H20N2O4S. The van der Waals surface area contributed by atoms with E-state index in [0.29, 0.717) is 18.8 Å². The Labute approximate surface area is 172 Å². The van der Waals surface area contributed by atoms with Gasteiger partial charge in [-0.3, -0.25) is 9.59 Å². The summed E-state index contributed by atoms with van der Waals surface area (Å²) in [4.78, 5) is 39.8. The molecular weight excluding hydrogens is 388 g/mol. The minimum absolute atomic E-state index is 0.225. The van der Waals surface area contributed by atoms with Gasteiger partial charge in [-0.1, -0.05) is 24.3 Å². The van der Waals surface area contributed by atoms with Gasteiger partial charge < -0.3 is 15.0 Å². The van der Waals surface area contributed by atoms with Gasteiger partial charge >= 0.3 is 5.97 Å². The van der Waals surface area contributed by atoms with Crippen LogP contribution in [0.25, 0.3) is 10.8 Å². The van der Waals surface area contributed by atoms with Crippen molar-refractivity contribution in [2.24, 2.45) is 0 Å². The number of amides is 2. The molecule has 29 heavy (non-hydrogen) atoms. The molecule has 0 radical (unpaired) electrons. The van der Waals surface area contributed by atoms with Gasteiger partial charge in [0, 0.05) is 24.9 Å².